The van der Waals surface area contributed by atoms with Gasteiger partial charge < -0.3 is 25.4 Å². The van der Waals surface area contributed by atoms with Crippen LogP contribution in [0.1, 0.15) is 52.4 Å². The molecule has 2 saturated heterocycles. The van der Waals surface area contributed by atoms with Gasteiger partial charge in [0.1, 0.15) is 0 Å². The van der Waals surface area contributed by atoms with Crippen molar-refractivity contribution in [3.8, 4) is 0 Å². The van der Waals surface area contributed by atoms with E-state index >= 15 is 0 Å². The minimum atomic E-state index is -2.00. The van der Waals surface area contributed by atoms with Crippen LogP contribution in [0.5, 0.6) is 0 Å². The lowest BCUT2D eigenvalue weighted by Crippen LogP contribution is -2.65. The predicted molar refractivity (Wildman–Crippen MR) is 108 cm³/mol. The van der Waals surface area contributed by atoms with Crippen LogP contribution in [0.2, 0.25) is 0 Å². The Labute approximate surface area is 177 Å². The molecule has 0 unspecified atom stereocenters. The van der Waals surface area contributed by atoms with E-state index in [0.29, 0.717) is 31.7 Å². The number of nitrogens with one attached hydrogen (secondary N) is 3. The fraction of sp³-hybridized carbons (Fsp3) is 0.800. The van der Waals surface area contributed by atoms with Crippen molar-refractivity contribution in [1.82, 2.24) is 20.9 Å². The molecule has 0 aliphatic carbocycles. The Bertz CT molecular complexity index is 637. The van der Waals surface area contributed by atoms with Gasteiger partial charge in [-0.15, -0.1) is 0 Å². The highest BCUT2D eigenvalue weighted by Crippen LogP contribution is 2.22. The molecule has 3 amide bonds. The van der Waals surface area contributed by atoms with Crippen molar-refractivity contribution in [3.05, 3.63) is 0 Å². The zero-order chi connectivity index (χ0) is 22.1. The maximum atomic E-state index is 12.7. The molecule has 30 heavy (non-hydrogen) atoms. The summed E-state index contributed by atoms with van der Waals surface area (Å²) in [6, 6.07) is 0. The first-order valence-electron chi connectivity index (χ1n) is 10.7. The van der Waals surface area contributed by atoms with Crippen LogP contribution in [-0.4, -0.2) is 72.3 Å². The molecule has 0 aromatic carbocycles. The monoisotopic (exact) mass is 426 g/mol. The molecule has 2 fully saturated rings. The van der Waals surface area contributed by atoms with Crippen LogP contribution in [0.3, 0.4) is 0 Å². The SMILES string of the molecule is CCOC(=O)N[C@@](C)(NC(=O)[C@@H]1CCCN(C(=O)CCC2CCNCC2)C1)C(=O)O. The Morgan fingerprint density at radius 1 is 1.17 bits per heavy atom. The van der Waals surface area contributed by atoms with Crippen LogP contribution < -0.4 is 16.0 Å². The first-order chi connectivity index (χ1) is 14.2. The summed E-state index contributed by atoms with van der Waals surface area (Å²) in [5.41, 5.74) is -2.00. The summed E-state index contributed by atoms with van der Waals surface area (Å²) >= 11 is 0. The Morgan fingerprint density at radius 2 is 1.87 bits per heavy atom. The predicted octanol–water partition coefficient (Wildman–Crippen LogP) is 0.668. The molecule has 2 aliphatic heterocycles. The van der Waals surface area contributed by atoms with E-state index in [0.717, 1.165) is 32.4 Å². The van der Waals surface area contributed by atoms with Gasteiger partial charge in [-0.2, -0.15) is 0 Å². The lowest BCUT2D eigenvalue weighted by atomic mass is 9.92. The number of amides is 3. The number of aliphatic carboxylic acids is 1. The number of rotatable bonds is 8. The number of carboxylic acid groups (broad SMARTS) is 1. The van der Waals surface area contributed by atoms with Gasteiger partial charge in [0.15, 0.2) is 0 Å². The number of alkyl carbamates (subject to hydrolysis) is 1. The van der Waals surface area contributed by atoms with Crippen LogP contribution in [-0.2, 0) is 19.1 Å². The van der Waals surface area contributed by atoms with Crippen LogP contribution in [0, 0.1) is 11.8 Å². The van der Waals surface area contributed by atoms with Crippen molar-refractivity contribution in [2.24, 2.45) is 11.8 Å². The highest BCUT2D eigenvalue weighted by molar-refractivity contribution is 5.90. The minimum Gasteiger partial charge on any atom is -0.478 e. The van der Waals surface area contributed by atoms with E-state index < -0.39 is 29.6 Å². The van der Waals surface area contributed by atoms with Gasteiger partial charge in [-0.3, -0.25) is 14.9 Å². The van der Waals surface area contributed by atoms with Crippen molar-refractivity contribution in [2.45, 2.75) is 58.0 Å². The van der Waals surface area contributed by atoms with Crippen LogP contribution in [0.25, 0.3) is 0 Å². The van der Waals surface area contributed by atoms with E-state index in [2.05, 4.69) is 16.0 Å². The second-order valence-electron chi connectivity index (χ2n) is 8.18. The molecule has 10 heteroatoms. The van der Waals surface area contributed by atoms with Gasteiger partial charge in [0.2, 0.25) is 17.5 Å². The smallest absolute Gasteiger partial charge is 0.409 e. The number of ether oxygens (including phenoxy) is 1. The van der Waals surface area contributed by atoms with Crippen molar-refractivity contribution in [2.75, 3.05) is 32.8 Å². The lowest BCUT2D eigenvalue weighted by Gasteiger charge is -2.35. The van der Waals surface area contributed by atoms with E-state index in [9.17, 15) is 24.3 Å². The van der Waals surface area contributed by atoms with Crippen LogP contribution in [0.15, 0.2) is 0 Å². The molecule has 10 nitrogen and oxygen atoms in total. The third-order valence-electron chi connectivity index (χ3n) is 5.80. The van der Waals surface area contributed by atoms with Crippen molar-refractivity contribution < 1.29 is 29.0 Å². The highest BCUT2D eigenvalue weighted by Gasteiger charge is 2.40. The topological polar surface area (TPSA) is 137 Å². The summed E-state index contributed by atoms with van der Waals surface area (Å²) in [6.45, 7) is 5.70. The molecule has 2 aliphatic rings. The fourth-order valence-electron chi connectivity index (χ4n) is 3.93. The van der Waals surface area contributed by atoms with Gasteiger partial charge >= 0.3 is 12.1 Å². The van der Waals surface area contributed by atoms with Crippen molar-refractivity contribution in [1.29, 1.82) is 0 Å². The van der Waals surface area contributed by atoms with Gasteiger partial charge in [0, 0.05) is 19.5 Å². The van der Waals surface area contributed by atoms with Crippen molar-refractivity contribution >= 4 is 23.9 Å². The maximum Gasteiger partial charge on any atom is 0.409 e. The molecule has 0 saturated carbocycles. The van der Waals surface area contributed by atoms with E-state index in [1.807, 2.05) is 0 Å². The Balaban J connectivity index is 1.89. The molecule has 0 aromatic heterocycles. The van der Waals surface area contributed by atoms with E-state index in [4.69, 9.17) is 4.74 Å². The van der Waals surface area contributed by atoms with Gasteiger partial charge in [-0.25, -0.2) is 9.59 Å². The first-order valence-corrected chi connectivity index (χ1v) is 10.7. The molecule has 2 heterocycles. The molecule has 2 atom stereocenters. The van der Waals surface area contributed by atoms with Crippen LogP contribution >= 0.6 is 0 Å². The third kappa shape index (κ3) is 6.86. The number of carboxylic acids is 1. The normalized spacial score (nSPS) is 21.9. The van der Waals surface area contributed by atoms with E-state index in [-0.39, 0.29) is 19.1 Å². The molecule has 0 radical (unpaired) electrons. The molecule has 0 aromatic rings. The largest absolute Gasteiger partial charge is 0.478 e. The Morgan fingerprint density at radius 3 is 2.50 bits per heavy atom. The van der Waals surface area contributed by atoms with E-state index in [1.54, 1.807) is 11.8 Å². The molecule has 4 N–H and O–H groups in total. The summed E-state index contributed by atoms with van der Waals surface area (Å²) in [6.07, 6.45) is 3.79. The number of hydrogen-bond donors (Lipinski definition) is 4. The Hall–Kier alpha value is -2.36. The second-order valence-corrected chi connectivity index (χ2v) is 8.18. The molecular formula is C20H34N4O6. The number of carbonyl (C=O) groups excluding carboxylic acids is 3. The third-order valence-corrected chi connectivity index (χ3v) is 5.80. The number of hydrogen-bond acceptors (Lipinski definition) is 6. The number of piperidine rings is 2. The quantitative estimate of drug-likeness (QED) is 0.419. The van der Waals surface area contributed by atoms with Crippen LogP contribution in [0.4, 0.5) is 4.79 Å². The highest BCUT2D eigenvalue weighted by atomic mass is 16.5. The molecule has 170 valence electrons. The average Bonchev–Trinajstić information content (AvgIpc) is 2.72. The number of nitrogens with zero attached hydrogens (tertiary/aromatic N) is 1. The summed E-state index contributed by atoms with van der Waals surface area (Å²) in [7, 11) is 0. The number of carbonyl (C=O) groups is 4. The summed E-state index contributed by atoms with van der Waals surface area (Å²) in [5.74, 6) is -1.84. The van der Waals surface area contributed by atoms with Gasteiger partial charge in [0.05, 0.1) is 12.5 Å². The molecule has 0 spiro atoms. The molecule has 2 rings (SSSR count). The van der Waals surface area contributed by atoms with E-state index in [1.165, 1.54) is 6.92 Å². The fourth-order valence-corrected chi connectivity index (χ4v) is 3.93. The first kappa shape index (κ1) is 23.9. The average molecular weight is 427 g/mol. The van der Waals surface area contributed by atoms with Gasteiger partial charge in [-0.05, 0) is 65.0 Å². The van der Waals surface area contributed by atoms with Gasteiger partial charge in [-0.1, -0.05) is 0 Å². The summed E-state index contributed by atoms with van der Waals surface area (Å²) in [4.78, 5) is 50.3. The lowest BCUT2D eigenvalue weighted by molar-refractivity contribution is -0.149. The summed E-state index contributed by atoms with van der Waals surface area (Å²) in [5, 5.41) is 17.4. The summed E-state index contributed by atoms with van der Waals surface area (Å²) < 4.78 is 4.72. The minimum absolute atomic E-state index is 0.0386. The van der Waals surface area contributed by atoms with Gasteiger partial charge in [0.25, 0.3) is 0 Å². The zero-order valence-corrected chi connectivity index (χ0v) is 17.9. The maximum absolute atomic E-state index is 12.7. The number of likely N-dealkylation sites (tertiary alicyclic amines) is 1. The molecule has 0 bridgehead atoms. The van der Waals surface area contributed by atoms with Crippen molar-refractivity contribution in [3.63, 3.8) is 0 Å². The second kappa shape index (κ2) is 11.1. The Kier molecular flexibility index (Phi) is 8.88. The molecular weight excluding hydrogens is 392 g/mol. The zero-order valence-electron chi connectivity index (χ0n) is 17.9. The standard InChI is InChI=1S/C20H34N4O6/c1-3-30-19(29)23-20(2,18(27)28)22-17(26)15-5-4-12-24(13-15)16(25)7-6-14-8-10-21-11-9-14/h14-15,21H,3-13H2,1-2H3,(H,22,26)(H,23,29)(H,27,28)/t15-,20-/m1/s1.